The lowest BCUT2D eigenvalue weighted by atomic mass is 9.92. The van der Waals surface area contributed by atoms with Crippen molar-refractivity contribution in [1.82, 2.24) is 29.5 Å². The predicted molar refractivity (Wildman–Crippen MR) is 110 cm³/mol. The highest BCUT2D eigenvalue weighted by Gasteiger charge is 2.21. The first kappa shape index (κ1) is 19.8. The van der Waals surface area contributed by atoms with Crippen LogP contribution in [0.3, 0.4) is 0 Å². The maximum Gasteiger partial charge on any atom is 0.158 e. The highest BCUT2D eigenvalue weighted by atomic mass is 19.1. The molecule has 8 heteroatoms. The fourth-order valence-electron chi connectivity index (χ4n) is 2.96. The van der Waals surface area contributed by atoms with Gasteiger partial charge in [-0.2, -0.15) is 10.2 Å². The molecule has 0 unspecified atom stereocenters. The molecule has 3 heterocycles. The first-order chi connectivity index (χ1) is 14.2. The third kappa shape index (κ3) is 3.94. The van der Waals surface area contributed by atoms with Gasteiger partial charge in [0, 0.05) is 30.3 Å². The molecule has 4 aromatic rings. The number of rotatable bonds is 4. The second-order valence-corrected chi connectivity index (χ2v) is 8.03. The van der Waals surface area contributed by atoms with E-state index in [0.717, 1.165) is 5.69 Å². The average Bonchev–Trinajstić information content (AvgIpc) is 3.28. The molecular formula is C22H22FN6O. The number of nitrogens with zero attached hydrogens (tertiary/aromatic N) is 6. The number of hydrogen-bond donors (Lipinski definition) is 0. The molecule has 0 N–H and O–H groups in total. The van der Waals surface area contributed by atoms with Crippen LogP contribution >= 0.6 is 0 Å². The van der Waals surface area contributed by atoms with E-state index in [2.05, 4.69) is 47.0 Å². The number of ether oxygens (including phenoxy) is 1. The van der Waals surface area contributed by atoms with E-state index in [9.17, 15) is 4.39 Å². The first-order valence-corrected chi connectivity index (χ1v) is 9.50. The predicted octanol–water partition coefficient (Wildman–Crippen LogP) is 4.40. The molecule has 0 spiro atoms. The molecular weight excluding hydrogens is 383 g/mol. The lowest BCUT2D eigenvalue weighted by Crippen LogP contribution is -2.12. The molecule has 153 valence electrons. The van der Waals surface area contributed by atoms with Gasteiger partial charge in [-0.05, 0) is 31.2 Å². The highest BCUT2D eigenvalue weighted by Crippen LogP contribution is 2.31. The van der Waals surface area contributed by atoms with Crippen LogP contribution in [-0.2, 0) is 12.5 Å². The summed E-state index contributed by atoms with van der Waals surface area (Å²) in [5, 5.41) is 8.74. The van der Waals surface area contributed by atoms with Crippen LogP contribution in [0.2, 0.25) is 0 Å². The van der Waals surface area contributed by atoms with Crippen molar-refractivity contribution in [3.8, 4) is 28.6 Å². The quantitative estimate of drug-likeness (QED) is 0.503. The minimum Gasteiger partial charge on any atom is -0.456 e. The van der Waals surface area contributed by atoms with Gasteiger partial charge < -0.3 is 4.74 Å². The summed E-state index contributed by atoms with van der Waals surface area (Å²) in [6.07, 6.45) is 3.16. The van der Waals surface area contributed by atoms with Crippen LogP contribution < -0.4 is 4.74 Å². The first-order valence-electron chi connectivity index (χ1n) is 9.50. The monoisotopic (exact) mass is 405 g/mol. The molecule has 0 fully saturated rings. The largest absolute Gasteiger partial charge is 0.456 e. The minimum absolute atomic E-state index is 0.124. The van der Waals surface area contributed by atoms with Crippen LogP contribution in [0.15, 0.2) is 42.9 Å². The zero-order valence-corrected chi connectivity index (χ0v) is 17.5. The molecule has 0 saturated carbocycles. The third-order valence-corrected chi connectivity index (χ3v) is 4.58. The number of aromatic nitrogens is 6. The van der Waals surface area contributed by atoms with E-state index in [1.807, 2.05) is 6.07 Å². The average molecular weight is 405 g/mol. The summed E-state index contributed by atoms with van der Waals surface area (Å²) in [6.45, 7) is 8.01. The fourth-order valence-corrected chi connectivity index (χ4v) is 2.96. The van der Waals surface area contributed by atoms with Crippen molar-refractivity contribution >= 4 is 0 Å². The van der Waals surface area contributed by atoms with Crippen molar-refractivity contribution < 1.29 is 9.13 Å². The van der Waals surface area contributed by atoms with Gasteiger partial charge in [-0.3, -0.25) is 4.68 Å². The van der Waals surface area contributed by atoms with E-state index in [1.54, 1.807) is 60.1 Å². The van der Waals surface area contributed by atoms with Crippen LogP contribution in [0.5, 0.6) is 11.5 Å². The summed E-state index contributed by atoms with van der Waals surface area (Å²) in [5.74, 6) is 1.44. The topological polar surface area (TPSA) is 70.7 Å². The Morgan fingerprint density at radius 2 is 1.87 bits per heavy atom. The van der Waals surface area contributed by atoms with Crippen LogP contribution in [0.25, 0.3) is 17.1 Å². The van der Waals surface area contributed by atoms with Crippen LogP contribution in [-0.4, -0.2) is 29.5 Å². The van der Waals surface area contributed by atoms with Crippen LogP contribution in [0.1, 0.15) is 32.3 Å². The molecule has 0 aliphatic heterocycles. The molecule has 0 saturated heterocycles. The number of pyridine rings is 1. The maximum atomic E-state index is 14.9. The van der Waals surface area contributed by atoms with E-state index in [1.165, 1.54) is 0 Å². The van der Waals surface area contributed by atoms with Crippen molar-refractivity contribution in [3.05, 3.63) is 66.3 Å². The summed E-state index contributed by atoms with van der Waals surface area (Å²) in [5.41, 5.74) is 1.88. The zero-order valence-electron chi connectivity index (χ0n) is 17.5. The van der Waals surface area contributed by atoms with Gasteiger partial charge in [-0.15, -0.1) is 0 Å². The lowest BCUT2D eigenvalue weighted by molar-refractivity contribution is 0.474. The van der Waals surface area contributed by atoms with E-state index in [0.29, 0.717) is 28.6 Å². The summed E-state index contributed by atoms with van der Waals surface area (Å²) < 4.78 is 23.9. The number of halogens is 1. The second kappa shape index (κ2) is 7.37. The molecule has 30 heavy (non-hydrogen) atoms. The van der Waals surface area contributed by atoms with Gasteiger partial charge in [0.05, 0.1) is 17.5 Å². The van der Waals surface area contributed by atoms with Gasteiger partial charge in [-0.1, -0.05) is 20.8 Å². The lowest BCUT2D eigenvalue weighted by Gasteiger charge is -2.13. The standard InChI is InChI=1S/C22H22FN6O/c1-14-25-13-29(26-14)21-11-16(8-9-24-21)30-15-6-7-17(18(23)10-15)19-12-20(22(2,3)4)27-28(19)5/h6-9,11-13H,1-5H3. The van der Waals surface area contributed by atoms with Gasteiger partial charge in [0.2, 0.25) is 0 Å². The van der Waals surface area contributed by atoms with Gasteiger partial charge in [0.1, 0.15) is 29.5 Å². The number of benzene rings is 1. The normalized spacial score (nSPS) is 11.7. The zero-order chi connectivity index (χ0) is 21.5. The molecule has 4 rings (SSSR count). The highest BCUT2D eigenvalue weighted by molar-refractivity contribution is 5.62. The van der Waals surface area contributed by atoms with E-state index in [-0.39, 0.29) is 11.2 Å². The van der Waals surface area contributed by atoms with Crippen molar-refractivity contribution in [3.63, 3.8) is 0 Å². The molecule has 0 bridgehead atoms. The smallest absolute Gasteiger partial charge is 0.158 e. The molecule has 7 nitrogen and oxygen atoms in total. The van der Waals surface area contributed by atoms with Gasteiger partial charge in [-0.25, -0.2) is 19.0 Å². The fraction of sp³-hybridized carbons (Fsp3) is 0.273. The molecule has 0 aliphatic rings. The van der Waals surface area contributed by atoms with Gasteiger partial charge >= 0.3 is 0 Å². The van der Waals surface area contributed by atoms with E-state index < -0.39 is 5.82 Å². The molecule has 1 aromatic carbocycles. The van der Waals surface area contributed by atoms with E-state index >= 15 is 0 Å². The Morgan fingerprint density at radius 1 is 1.07 bits per heavy atom. The van der Waals surface area contributed by atoms with Crippen molar-refractivity contribution in [2.45, 2.75) is 33.1 Å². The Bertz CT molecular complexity index is 1200. The van der Waals surface area contributed by atoms with Gasteiger partial charge in [0.25, 0.3) is 0 Å². The van der Waals surface area contributed by atoms with E-state index in [4.69, 9.17) is 4.74 Å². The Balaban J connectivity index is 1.60. The SMILES string of the molecule is Cc1ncn(-c2cc(Oc3[c]c(F)c(-c4cc(C(C)(C)C)nn4C)cc3)ccn2)n1. The number of hydrogen-bond acceptors (Lipinski definition) is 5. The third-order valence-electron chi connectivity index (χ3n) is 4.58. The molecule has 0 aliphatic carbocycles. The van der Waals surface area contributed by atoms with Crippen molar-refractivity contribution in [2.75, 3.05) is 0 Å². The van der Waals surface area contributed by atoms with Crippen molar-refractivity contribution in [1.29, 1.82) is 0 Å². The Labute approximate surface area is 174 Å². The molecule has 1 radical (unpaired) electrons. The Kier molecular flexibility index (Phi) is 4.85. The van der Waals surface area contributed by atoms with Gasteiger partial charge in [0.15, 0.2) is 5.82 Å². The number of aryl methyl sites for hydroxylation is 2. The summed E-state index contributed by atoms with van der Waals surface area (Å²) >= 11 is 0. The summed E-state index contributed by atoms with van der Waals surface area (Å²) in [4.78, 5) is 8.34. The minimum atomic E-state index is -0.503. The molecule has 3 aromatic heterocycles. The molecule has 0 atom stereocenters. The second-order valence-electron chi connectivity index (χ2n) is 8.03. The van der Waals surface area contributed by atoms with Crippen molar-refractivity contribution in [2.24, 2.45) is 7.05 Å². The Morgan fingerprint density at radius 3 is 2.50 bits per heavy atom. The summed E-state index contributed by atoms with van der Waals surface area (Å²) in [7, 11) is 1.80. The van der Waals surface area contributed by atoms with Crippen LogP contribution in [0.4, 0.5) is 4.39 Å². The molecule has 0 amide bonds. The summed E-state index contributed by atoms with van der Waals surface area (Å²) in [6, 6.07) is 11.3. The maximum absolute atomic E-state index is 14.9. The van der Waals surface area contributed by atoms with Crippen LogP contribution in [0, 0.1) is 18.8 Å². The Hall–Kier alpha value is -3.55.